The van der Waals surface area contributed by atoms with Crippen LogP contribution in [0.25, 0.3) is 0 Å². The van der Waals surface area contributed by atoms with Crippen LogP contribution in [0.15, 0.2) is 24.3 Å². The number of para-hydroxylation sites is 1. The maximum absolute atomic E-state index is 12.7. The van der Waals surface area contributed by atoms with E-state index in [0.29, 0.717) is 18.5 Å². The van der Waals surface area contributed by atoms with E-state index in [9.17, 15) is 13.2 Å². The maximum atomic E-state index is 12.7. The third kappa shape index (κ3) is 6.91. The molecule has 1 rings (SSSR count). The van der Waals surface area contributed by atoms with Gasteiger partial charge in [-0.1, -0.05) is 45.9 Å². The normalized spacial score (nSPS) is 13.4. The largest absolute Gasteiger partial charge is 0.382 e. The van der Waals surface area contributed by atoms with Gasteiger partial charge >= 0.3 is 10.1 Å². The molecule has 0 N–H and O–H groups in total. The molecule has 0 aliphatic heterocycles. The minimum Gasteiger partial charge on any atom is -0.382 e. The Kier molecular flexibility index (Phi) is 6.84. The van der Waals surface area contributed by atoms with Crippen molar-refractivity contribution in [3.8, 4) is 5.75 Å². The van der Waals surface area contributed by atoms with Crippen LogP contribution in [0.3, 0.4) is 0 Å². The average Bonchev–Trinajstić information content (AvgIpc) is 2.42. The van der Waals surface area contributed by atoms with Crippen molar-refractivity contribution in [2.45, 2.75) is 60.0 Å². The van der Waals surface area contributed by atoms with E-state index in [1.54, 1.807) is 23.1 Å². The fraction of sp³-hybridized carbons (Fsp3) is 0.611. The van der Waals surface area contributed by atoms with Crippen molar-refractivity contribution in [3.63, 3.8) is 0 Å². The number of benzene rings is 1. The van der Waals surface area contributed by atoms with Crippen LogP contribution < -0.4 is 4.18 Å². The number of amides is 1. The molecule has 1 unspecified atom stereocenters. The van der Waals surface area contributed by atoms with Crippen LogP contribution in [0.1, 0.15) is 53.0 Å². The molecule has 0 spiro atoms. The zero-order valence-electron chi connectivity index (χ0n) is 15.5. The fourth-order valence-corrected chi connectivity index (χ4v) is 2.82. The molecule has 1 atom stereocenters. The summed E-state index contributed by atoms with van der Waals surface area (Å²) in [6.45, 7) is 10.4. The summed E-state index contributed by atoms with van der Waals surface area (Å²) in [6.07, 6.45) is 2.28. The second-order valence-corrected chi connectivity index (χ2v) is 8.99. The van der Waals surface area contributed by atoms with Crippen molar-refractivity contribution < 1.29 is 17.4 Å². The predicted molar refractivity (Wildman–Crippen MR) is 96.3 cm³/mol. The third-order valence-electron chi connectivity index (χ3n) is 3.68. The van der Waals surface area contributed by atoms with E-state index in [1.807, 2.05) is 40.7 Å². The van der Waals surface area contributed by atoms with E-state index in [2.05, 4.69) is 0 Å². The van der Waals surface area contributed by atoms with E-state index in [1.165, 1.54) is 0 Å². The molecule has 0 radical (unpaired) electrons. The molecule has 136 valence electrons. The number of carbonyl (C=O) groups excluding carboxylic acids is 1. The summed E-state index contributed by atoms with van der Waals surface area (Å²) in [5.74, 6) is 0.336. The van der Waals surface area contributed by atoms with Crippen molar-refractivity contribution >= 4 is 16.0 Å². The summed E-state index contributed by atoms with van der Waals surface area (Å²) < 4.78 is 28.0. The monoisotopic (exact) mass is 355 g/mol. The second-order valence-electron chi connectivity index (χ2n) is 7.41. The topological polar surface area (TPSA) is 63.7 Å². The second kappa shape index (κ2) is 8.01. The standard InChI is InChI=1S/C18H29NO4S/c1-7-14(2)19(17(20)12-18(3,4)5)13-15-10-8-9-11-16(15)23-24(6,21)22/h8-11,14H,7,12-13H2,1-6H3. The van der Waals surface area contributed by atoms with Gasteiger partial charge in [0.05, 0.1) is 6.26 Å². The number of rotatable bonds is 7. The Morgan fingerprint density at radius 2 is 1.83 bits per heavy atom. The lowest BCUT2D eigenvalue weighted by molar-refractivity contribution is -0.135. The van der Waals surface area contributed by atoms with Crippen LogP contribution >= 0.6 is 0 Å². The van der Waals surface area contributed by atoms with Crippen LogP contribution in [0.2, 0.25) is 0 Å². The average molecular weight is 356 g/mol. The summed E-state index contributed by atoms with van der Waals surface area (Å²) in [5.41, 5.74) is 0.580. The van der Waals surface area contributed by atoms with E-state index in [-0.39, 0.29) is 23.1 Å². The van der Waals surface area contributed by atoms with Gasteiger partial charge in [0.15, 0.2) is 0 Å². The summed E-state index contributed by atoms with van der Waals surface area (Å²) in [7, 11) is -3.61. The van der Waals surface area contributed by atoms with Crippen molar-refractivity contribution in [3.05, 3.63) is 29.8 Å². The van der Waals surface area contributed by atoms with Crippen molar-refractivity contribution in [2.24, 2.45) is 5.41 Å². The molecule has 5 nitrogen and oxygen atoms in total. The van der Waals surface area contributed by atoms with Gasteiger partial charge in [-0.15, -0.1) is 0 Å². The molecule has 0 saturated carbocycles. The maximum Gasteiger partial charge on any atom is 0.306 e. The minimum absolute atomic E-state index is 0.0611. The molecule has 0 heterocycles. The van der Waals surface area contributed by atoms with Gasteiger partial charge < -0.3 is 9.08 Å². The van der Waals surface area contributed by atoms with Crippen LogP contribution in [0.4, 0.5) is 0 Å². The third-order valence-corrected chi connectivity index (χ3v) is 4.16. The molecule has 0 bridgehead atoms. The Morgan fingerprint density at radius 3 is 2.33 bits per heavy atom. The van der Waals surface area contributed by atoms with Crippen LogP contribution in [-0.4, -0.2) is 31.5 Å². The molecular formula is C18H29NO4S. The molecule has 24 heavy (non-hydrogen) atoms. The van der Waals surface area contributed by atoms with Gasteiger partial charge in [0.2, 0.25) is 5.91 Å². The predicted octanol–water partition coefficient (Wildman–Crippen LogP) is 3.59. The molecule has 1 aromatic rings. The number of hydrogen-bond donors (Lipinski definition) is 0. The highest BCUT2D eigenvalue weighted by atomic mass is 32.2. The highest BCUT2D eigenvalue weighted by Gasteiger charge is 2.25. The Morgan fingerprint density at radius 1 is 1.25 bits per heavy atom. The molecular weight excluding hydrogens is 326 g/mol. The lowest BCUT2D eigenvalue weighted by Gasteiger charge is -2.32. The molecule has 1 amide bonds. The molecule has 0 aromatic heterocycles. The number of carbonyl (C=O) groups is 1. The summed E-state index contributed by atoms with van der Waals surface area (Å²) in [4.78, 5) is 14.5. The lowest BCUT2D eigenvalue weighted by atomic mass is 9.91. The first kappa shape index (κ1) is 20.5. The molecule has 1 aromatic carbocycles. The SMILES string of the molecule is CCC(C)N(Cc1ccccc1OS(C)(=O)=O)C(=O)CC(C)(C)C. The molecule has 0 aliphatic carbocycles. The van der Waals surface area contributed by atoms with Gasteiger partial charge in [-0.25, -0.2) is 0 Å². The zero-order valence-corrected chi connectivity index (χ0v) is 16.3. The molecule has 0 saturated heterocycles. The summed E-state index contributed by atoms with van der Waals surface area (Å²) >= 11 is 0. The van der Waals surface area contributed by atoms with Gasteiger partial charge in [-0.3, -0.25) is 4.79 Å². The Balaban J connectivity index is 3.10. The lowest BCUT2D eigenvalue weighted by Crippen LogP contribution is -2.39. The first-order valence-electron chi connectivity index (χ1n) is 8.20. The van der Waals surface area contributed by atoms with Gasteiger partial charge in [0.1, 0.15) is 5.75 Å². The van der Waals surface area contributed by atoms with Crippen LogP contribution in [-0.2, 0) is 21.5 Å². The molecule has 0 aliphatic rings. The van der Waals surface area contributed by atoms with E-state index < -0.39 is 10.1 Å². The fourth-order valence-electron chi connectivity index (χ4n) is 2.33. The first-order valence-corrected chi connectivity index (χ1v) is 10.0. The van der Waals surface area contributed by atoms with Crippen LogP contribution in [0, 0.1) is 5.41 Å². The first-order chi connectivity index (χ1) is 10.9. The van der Waals surface area contributed by atoms with Gasteiger partial charge in [-0.2, -0.15) is 8.42 Å². The van der Waals surface area contributed by atoms with E-state index in [0.717, 1.165) is 12.7 Å². The number of hydrogen-bond acceptors (Lipinski definition) is 4. The quantitative estimate of drug-likeness (QED) is 0.701. The van der Waals surface area contributed by atoms with E-state index in [4.69, 9.17) is 4.18 Å². The highest BCUT2D eigenvalue weighted by molar-refractivity contribution is 7.86. The number of nitrogens with zero attached hydrogens (tertiary/aromatic N) is 1. The van der Waals surface area contributed by atoms with Gasteiger partial charge in [0.25, 0.3) is 0 Å². The van der Waals surface area contributed by atoms with Crippen molar-refractivity contribution in [2.75, 3.05) is 6.26 Å². The Labute approximate surface area is 146 Å². The van der Waals surface area contributed by atoms with E-state index >= 15 is 0 Å². The Bertz CT molecular complexity index is 662. The van der Waals surface area contributed by atoms with Crippen LogP contribution in [0.5, 0.6) is 5.75 Å². The zero-order chi connectivity index (χ0) is 18.5. The van der Waals surface area contributed by atoms with Crippen molar-refractivity contribution in [1.29, 1.82) is 0 Å². The highest BCUT2D eigenvalue weighted by Crippen LogP contribution is 2.26. The molecule has 6 heteroatoms. The Hall–Kier alpha value is -1.56. The summed E-state index contributed by atoms with van der Waals surface area (Å²) in [5, 5.41) is 0. The van der Waals surface area contributed by atoms with Gasteiger partial charge in [0, 0.05) is 24.6 Å². The smallest absolute Gasteiger partial charge is 0.306 e. The minimum atomic E-state index is -3.61. The molecule has 0 fully saturated rings. The van der Waals surface area contributed by atoms with Gasteiger partial charge in [-0.05, 0) is 24.8 Å². The van der Waals surface area contributed by atoms with Crippen molar-refractivity contribution in [1.82, 2.24) is 4.90 Å². The summed E-state index contributed by atoms with van der Waals surface area (Å²) in [6, 6.07) is 6.99.